The standard InChI is InChI=1S/C15H25IN2/c1-11-7-17-9-13(6-16)14(11)12(2)8-18-10-15(3,4)5/h7,9,12,18H,6,8,10H2,1-5H3. The summed E-state index contributed by atoms with van der Waals surface area (Å²) in [6.07, 6.45) is 3.99. The second-order valence-corrected chi connectivity index (χ2v) is 7.02. The summed E-state index contributed by atoms with van der Waals surface area (Å²) in [6.45, 7) is 13.3. The van der Waals surface area contributed by atoms with E-state index in [9.17, 15) is 0 Å². The van der Waals surface area contributed by atoms with Crippen molar-refractivity contribution in [3.63, 3.8) is 0 Å². The third-order valence-electron chi connectivity index (χ3n) is 3.01. The van der Waals surface area contributed by atoms with Crippen LogP contribution in [0.4, 0.5) is 0 Å². The van der Waals surface area contributed by atoms with Gasteiger partial charge in [-0.2, -0.15) is 0 Å². The lowest BCUT2D eigenvalue weighted by Gasteiger charge is -2.22. The first-order chi connectivity index (χ1) is 8.35. The molecule has 0 amide bonds. The van der Waals surface area contributed by atoms with E-state index in [0.29, 0.717) is 11.3 Å². The fourth-order valence-electron chi connectivity index (χ4n) is 2.21. The number of alkyl halides is 1. The summed E-state index contributed by atoms with van der Waals surface area (Å²) in [4.78, 5) is 4.29. The van der Waals surface area contributed by atoms with Gasteiger partial charge in [0.15, 0.2) is 0 Å². The Labute approximate surface area is 125 Å². The zero-order valence-electron chi connectivity index (χ0n) is 12.2. The largest absolute Gasteiger partial charge is 0.316 e. The average molecular weight is 360 g/mol. The van der Waals surface area contributed by atoms with Gasteiger partial charge in [-0.3, -0.25) is 4.98 Å². The van der Waals surface area contributed by atoms with Crippen LogP contribution in [0.3, 0.4) is 0 Å². The van der Waals surface area contributed by atoms with Crippen molar-refractivity contribution in [3.8, 4) is 0 Å². The lowest BCUT2D eigenvalue weighted by Crippen LogP contribution is -2.30. The molecule has 0 aliphatic heterocycles. The van der Waals surface area contributed by atoms with E-state index in [4.69, 9.17) is 0 Å². The number of hydrogen-bond donors (Lipinski definition) is 1. The molecule has 102 valence electrons. The molecule has 0 aliphatic carbocycles. The molecular formula is C15H25IN2. The number of nitrogens with zero attached hydrogens (tertiary/aromatic N) is 1. The van der Waals surface area contributed by atoms with Crippen LogP contribution in [0.1, 0.15) is 50.3 Å². The molecule has 1 rings (SSSR count). The molecule has 0 saturated heterocycles. The van der Waals surface area contributed by atoms with E-state index in [2.05, 4.69) is 67.5 Å². The Bertz CT molecular complexity index is 383. The summed E-state index contributed by atoms with van der Waals surface area (Å²) in [6, 6.07) is 0. The van der Waals surface area contributed by atoms with Gasteiger partial charge in [-0.1, -0.05) is 50.3 Å². The topological polar surface area (TPSA) is 24.9 Å². The highest BCUT2D eigenvalue weighted by atomic mass is 127. The van der Waals surface area contributed by atoms with Crippen LogP contribution in [0.5, 0.6) is 0 Å². The van der Waals surface area contributed by atoms with E-state index in [1.807, 2.05) is 12.4 Å². The van der Waals surface area contributed by atoms with E-state index in [-0.39, 0.29) is 0 Å². The molecule has 0 radical (unpaired) electrons. The smallest absolute Gasteiger partial charge is 0.0310 e. The van der Waals surface area contributed by atoms with Crippen LogP contribution in [0.25, 0.3) is 0 Å². The Hall–Kier alpha value is -0.160. The fourth-order valence-corrected chi connectivity index (χ4v) is 2.82. The summed E-state index contributed by atoms with van der Waals surface area (Å²) >= 11 is 2.42. The minimum atomic E-state index is 0.346. The normalized spacial score (nSPS) is 13.7. The summed E-state index contributed by atoms with van der Waals surface area (Å²) in [5.41, 5.74) is 4.51. The van der Waals surface area contributed by atoms with Crippen molar-refractivity contribution in [2.75, 3.05) is 13.1 Å². The lowest BCUT2D eigenvalue weighted by molar-refractivity contribution is 0.375. The molecule has 1 aromatic heterocycles. The van der Waals surface area contributed by atoms with Crippen molar-refractivity contribution >= 4 is 22.6 Å². The number of aromatic nitrogens is 1. The van der Waals surface area contributed by atoms with E-state index in [0.717, 1.165) is 17.5 Å². The third-order valence-corrected chi connectivity index (χ3v) is 3.83. The molecule has 0 spiro atoms. The highest BCUT2D eigenvalue weighted by molar-refractivity contribution is 14.1. The summed E-state index contributed by atoms with van der Waals surface area (Å²) in [5, 5.41) is 3.58. The van der Waals surface area contributed by atoms with Crippen LogP contribution in [0.15, 0.2) is 12.4 Å². The lowest BCUT2D eigenvalue weighted by atomic mass is 9.93. The molecule has 0 fully saturated rings. The maximum atomic E-state index is 4.29. The summed E-state index contributed by atoms with van der Waals surface area (Å²) in [7, 11) is 0. The average Bonchev–Trinajstić information content (AvgIpc) is 2.26. The predicted octanol–water partition coefficient (Wildman–Crippen LogP) is 4.06. The molecule has 0 aliphatic rings. The van der Waals surface area contributed by atoms with Crippen molar-refractivity contribution in [2.45, 2.75) is 45.0 Å². The monoisotopic (exact) mass is 360 g/mol. The Kier molecular flexibility index (Phi) is 6.05. The minimum Gasteiger partial charge on any atom is -0.316 e. The number of aryl methyl sites for hydroxylation is 1. The molecule has 18 heavy (non-hydrogen) atoms. The van der Waals surface area contributed by atoms with E-state index in [1.54, 1.807) is 0 Å². The quantitative estimate of drug-likeness (QED) is 0.633. The number of pyridine rings is 1. The second-order valence-electron chi connectivity index (χ2n) is 6.26. The van der Waals surface area contributed by atoms with Gasteiger partial charge in [0.1, 0.15) is 0 Å². The molecule has 0 aromatic carbocycles. The van der Waals surface area contributed by atoms with Gasteiger partial charge in [0.05, 0.1) is 0 Å². The van der Waals surface area contributed by atoms with Crippen molar-refractivity contribution in [1.82, 2.24) is 10.3 Å². The van der Waals surface area contributed by atoms with Crippen LogP contribution in [0.2, 0.25) is 0 Å². The molecule has 1 atom stereocenters. The fraction of sp³-hybridized carbons (Fsp3) is 0.667. The molecule has 3 heteroatoms. The maximum absolute atomic E-state index is 4.29. The highest BCUT2D eigenvalue weighted by Crippen LogP contribution is 2.24. The Morgan fingerprint density at radius 2 is 2.00 bits per heavy atom. The molecule has 1 N–H and O–H groups in total. The zero-order valence-corrected chi connectivity index (χ0v) is 14.3. The van der Waals surface area contributed by atoms with Gasteiger partial charge in [-0.05, 0) is 34.9 Å². The van der Waals surface area contributed by atoms with Crippen LogP contribution in [-0.2, 0) is 4.43 Å². The first-order valence-corrected chi connectivity index (χ1v) is 8.08. The van der Waals surface area contributed by atoms with Crippen molar-refractivity contribution in [1.29, 1.82) is 0 Å². The molecule has 0 saturated carbocycles. The minimum absolute atomic E-state index is 0.346. The van der Waals surface area contributed by atoms with Crippen molar-refractivity contribution in [3.05, 3.63) is 29.1 Å². The van der Waals surface area contributed by atoms with Crippen molar-refractivity contribution in [2.24, 2.45) is 5.41 Å². The third kappa shape index (κ3) is 4.84. The van der Waals surface area contributed by atoms with Crippen LogP contribution in [-0.4, -0.2) is 18.1 Å². The molecule has 0 bridgehead atoms. The van der Waals surface area contributed by atoms with E-state index >= 15 is 0 Å². The Morgan fingerprint density at radius 3 is 2.56 bits per heavy atom. The molecule has 2 nitrogen and oxygen atoms in total. The van der Waals surface area contributed by atoms with Gasteiger partial charge < -0.3 is 5.32 Å². The first-order valence-electron chi connectivity index (χ1n) is 6.55. The first kappa shape index (κ1) is 15.9. The number of halogens is 1. The van der Waals surface area contributed by atoms with E-state index < -0.39 is 0 Å². The highest BCUT2D eigenvalue weighted by Gasteiger charge is 2.15. The molecule has 1 unspecified atom stereocenters. The molecular weight excluding hydrogens is 335 g/mol. The molecule has 1 heterocycles. The van der Waals surface area contributed by atoms with Crippen molar-refractivity contribution < 1.29 is 0 Å². The molecule has 1 aromatic rings. The second kappa shape index (κ2) is 6.85. The van der Waals surface area contributed by atoms with E-state index in [1.165, 1.54) is 16.7 Å². The van der Waals surface area contributed by atoms with Crippen LogP contribution in [0, 0.1) is 12.3 Å². The van der Waals surface area contributed by atoms with Crippen LogP contribution < -0.4 is 5.32 Å². The predicted molar refractivity (Wildman–Crippen MR) is 87.4 cm³/mol. The Balaban J connectivity index is 2.69. The number of nitrogens with one attached hydrogen (secondary N) is 1. The van der Waals surface area contributed by atoms with Gasteiger partial charge in [0.2, 0.25) is 0 Å². The van der Waals surface area contributed by atoms with Crippen LogP contribution >= 0.6 is 22.6 Å². The van der Waals surface area contributed by atoms with Gasteiger partial charge in [0.25, 0.3) is 0 Å². The van der Waals surface area contributed by atoms with Gasteiger partial charge in [-0.25, -0.2) is 0 Å². The van der Waals surface area contributed by atoms with Gasteiger partial charge in [0, 0.05) is 29.9 Å². The van der Waals surface area contributed by atoms with Gasteiger partial charge in [-0.15, -0.1) is 0 Å². The Morgan fingerprint density at radius 1 is 1.33 bits per heavy atom. The zero-order chi connectivity index (χ0) is 13.8. The van der Waals surface area contributed by atoms with Gasteiger partial charge >= 0.3 is 0 Å². The summed E-state index contributed by atoms with van der Waals surface area (Å²) in [5.74, 6) is 0.542. The number of rotatable bonds is 5. The summed E-state index contributed by atoms with van der Waals surface area (Å²) < 4.78 is 1.03. The SMILES string of the molecule is Cc1cncc(CI)c1C(C)CNCC(C)(C)C. The number of hydrogen-bond acceptors (Lipinski definition) is 2. The maximum Gasteiger partial charge on any atom is 0.0310 e.